The van der Waals surface area contributed by atoms with Crippen molar-refractivity contribution in [3.8, 4) is 5.75 Å². The second-order valence-electron chi connectivity index (χ2n) is 7.96. The van der Waals surface area contributed by atoms with Crippen LogP contribution in [0.5, 0.6) is 5.75 Å². The highest BCUT2D eigenvalue weighted by Gasteiger charge is 2.22. The van der Waals surface area contributed by atoms with Gasteiger partial charge in [0.1, 0.15) is 23.1 Å². The summed E-state index contributed by atoms with van der Waals surface area (Å²) in [5.41, 5.74) is 1.83. The number of para-hydroxylation sites is 2. The van der Waals surface area contributed by atoms with Crippen LogP contribution in [-0.2, 0) is 6.54 Å². The largest absolute Gasteiger partial charge is 0.494 e. The molecule has 1 aliphatic heterocycles. The van der Waals surface area contributed by atoms with E-state index in [0.717, 1.165) is 5.56 Å². The van der Waals surface area contributed by atoms with Gasteiger partial charge in [-0.05, 0) is 54.1 Å². The number of ether oxygens (including phenoxy) is 1. The molecular weight excluding hydrogens is 438 g/mol. The summed E-state index contributed by atoms with van der Waals surface area (Å²) in [6.45, 7) is 3.31. The molecule has 0 unspecified atom stereocenters. The fourth-order valence-electron chi connectivity index (χ4n) is 3.80. The standard InChI is InChI=1S/C26H26F2N4O2/c1-34-24-8-3-2-7-23(24)29-26(30-25(33)20-9-11-21(27)12-10-20)32-15-13-31(14-16-32)18-19-5-4-6-22(28)17-19/h2-12,17H,13-16,18H2,1H3,(H,29,30,33). The van der Waals surface area contributed by atoms with E-state index < -0.39 is 5.82 Å². The third-order valence-corrected chi connectivity index (χ3v) is 5.61. The van der Waals surface area contributed by atoms with Crippen LogP contribution in [0, 0.1) is 11.6 Å². The average Bonchev–Trinajstić information content (AvgIpc) is 2.85. The number of amides is 1. The second kappa shape index (κ2) is 10.9. The Bertz CT molecular complexity index is 1160. The van der Waals surface area contributed by atoms with Crippen molar-refractivity contribution < 1.29 is 18.3 Å². The van der Waals surface area contributed by atoms with Gasteiger partial charge in [-0.3, -0.25) is 15.0 Å². The fraction of sp³-hybridized carbons (Fsp3) is 0.231. The maximum Gasteiger partial charge on any atom is 0.257 e. The number of guanidine groups is 1. The molecule has 0 saturated carbocycles. The first-order valence-corrected chi connectivity index (χ1v) is 11.0. The van der Waals surface area contributed by atoms with Gasteiger partial charge in [0.25, 0.3) is 5.91 Å². The van der Waals surface area contributed by atoms with E-state index in [4.69, 9.17) is 9.73 Å². The average molecular weight is 465 g/mol. The first-order valence-electron chi connectivity index (χ1n) is 11.0. The van der Waals surface area contributed by atoms with Crippen LogP contribution in [0.2, 0.25) is 0 Å². The Morgan fingerprint density at radius 3 is 2.38 bits per heavy atom. The molecule has 1 aliphatic rings. The quantitative estimate of drug-likeness (QED) is 0.454. The number of benzene rings is 3. The summed E-state index contributed by atoms with van der Waals surface area (Å²) >= 11 is 0. The minimum absolute atomic E-state index is 0.245. The maximum atomic E-state index is 13.5. The number of halogens is 2. The molecule has 0 radical (unpaired) electrons. The lowest BCUT2D eigenvalue weighted by Crippen LogP contribution is -2.53. The van der Waals surface area contributed by atoms with Gasteiger partial charge in [0.15, 0.2) is 0 Å². The van der Waals surface area contributed by atoms with Crippen LogP contribution in [0.4, 0.5) is 14.5 Å². The number of rotatable bonds is 5. The Labute approximate surface area is 197 Å². The number of nitrogens with zero attached hydrogens (tertiary/aromatic N) is 3. The molecule has 0 aliphatic carbocycles. The highest BCUT2D eigenvalue weighted by molar-refractivity contribution is 6.06. The number of aliphatic imine (C=N–C) groups is 1. The molecule has 4 rings (SSSR count). The van der Waals surface area contributed by atoms with Crippen molar-refractivity contribution >= 4 is 17.6 Å². The SMILES string of the molecule is COc1ccccc1N=C(NC(=O)c1ccc(F)cc1)N1CCN(Cc2cccc(F)c2)CC1. The van der Waals surface area contributed by atoms with Crippen molar-refractivity contribution in [2.45, 2.75) is 6.54 Å². The zero-order chi connectivity index (χ0) is 23.9. The van der Waals surface area contributed by atoms with E-state index >= 15 is 0 Å². The van der Waals surface area contributed by atoms with Crippen LogP contribution in [0.15, 0.2) is 77.8 Å². The van der Waals surface area contributed by atoms with E-state index in [1.165, 1.54) is 30.3 Å². The highest BCUT2D eigenvalue weighted by atomic mass is 19.1. The summed E-state index contributed by atoms with van der Waals surface area (Å²) in [5.74, 6) is -0.0550. The van der Waals surface area contributed by atoms with Gasteiger partial charge in [-0.25, -0.2) is 13.8 Å². The Morgan fingerprint density at radius 2 is 1.68 bits per heavy atom. The molecule has 3 aromatic carbocycles. The van der Waals surface area contributed by atoms with Crippen LogP contribution in [0.3, 0.4) is 0 Å². The predicted octanol–water partition coefficient (Wildman–Crippen LogP) is 4.21. The first-order chi connectivity index (χ1) is 16.5. The molecule has 0 bridgehead atoms. The van der Waals surface area contributed by atoms with Crippen molar-refractivity contribution in [1.82, 2.24) is 15.1 Å². The molecule has 34 heavy (non-hydrogen) atoms. The summed E-state index contributed by atoms with van der Waals surface area (Å²) in [6.07, 6.45) is 0. The van der Waals surface area contributed by atoms with Crippen LogP contribution in [0.25, 0.3) is 0 Å². The van der Waals surface area contributed by atoms with E-state index in [1.807, 2.05) is 29.2 Å². The smallest absolute Gasteiger partial charge is 0.257 e. The molecule has 1 saturated heterocycles. The van der Waals surface area contributed by atoms with E-state index in [2.05, 4.69) is 10.2 Å². The van der Waals surface area contributed by atoms with E-state index in [-0.39, 0.29) is 11.7 Å². The second-order valence-corrected chi connectivity index (χ2v) is 7.96. The lowest BCUT2D eigenvalue weighted by atomic mass is 10.2. The van der Waals surface area contributed by atoms with Gasteiger partial charge >= 0.3 is 0 Å². The number of carbonyl (C=O) groups is 1. The first kappa shape index (κ1) is 23.4. The third kappa shape index (κ3) is 5.96. The molecule has 0 atom stereocenters. The molecule has 1 heterocycles. The van der Waals surface area contributed by atoms with Crippen LogP contribution in [-0.4, -0.2) is 55.0 Å². The molecule has 3 aromatic rings. The summed E-state index contributed by atoms with van der Waals surface area (Å²) in [4.78, 5) is 21.8. The molecule has 1 N–H and O–H groups in total. The molecule has 0 spiro atoms. The van der Waals surface area contributed by atoms with Crippen molar-refractivity contribution in [1.29, 1.82) is 0 Å². The third-order valence-electron chi connectivity index (χ3n) is 5.61. The number of hydrogen-bond acceptors (Lipinski definition) is 4. The Hall–Kier alpha value is -3.78. The number of hydrogen-bond donors (Lipinski definition) is 1. The molecule has 6 nitrogen and oxygen atoms in total. The topological polar surface area (TPSA) is 57.2 Å². The van der Waals surface area contributed by atoms with Gasteiger partial charge in [-0.15, -0.1) is 0 Å². The number of piperazine rings is 1. The van der Waals surface area contributed by atoms with Gasteiger partial charge in [-0.1, -0.05) is 24.3 Å². The molecule has 8 heteroatoms. The molecular formula is C26H26F2N4O2. The molecule has 1 amide bonds. The Balaban J connectivity index is 1.51. The molecule has 176 valence electrons. The minimum atomic E-state index is -0.408. The lowest BCUT2D eigenvalue weighted by Gasteiger charge is -2.36. The van der Waals surface area contributed by atoms with Gasteiger partial charge in [0, 0.05) is 38.3 Å². The van der Waals surface area contributed by atoms with Crippen molar-refractivity contribution in [2.24, 2.45) is 4.99 Å². The van der Waals surface area contributed by atoms with Crippen LogP contribution < -0.4 is 10.1 Å². The van der Waals surface area contributed by atoms with Gasteiger partial charge in [0.2, 0.25) is 5.96 Å². The predicted molar refractivity (Wildman–Crippen MR) is 127 cm³/mol. The van der Waals surface area contributed by atoms with E-state index in [0.29, 0.717) is 55.7 Å². The zero-order valence-corrected chi connectivity index (χ0v) is 18.9. The summed E-state index contributed by atoms with van der Waals surface area (Å²) in [6, 6.07) is 19.3. The van der Waals surface area contributed by atoms with Gasteiger partial charge in [0.05, 0.1) is 7.11 Å². The summed E-state index contributed by atoms with van der Waals surface area (Å²) in [7, 11) is 1.57. The van der Waals surface area contributed by atoms with E-state index in [1.54, 1.807) is 25.3 Å². The Morgan fingerprint density at radius 1 is 0.941 bits per heavy atom. The van der Waals surface area contributed by atoms with Crippen LogP contribution in [0.1, 0.15) is 15.9 Å². The fourth-order valence-corrected chi connectivity index (χ4v) is 3.80. The normalized spacial score (nSPS) is 14.7. The van der Waals surface area contributed by atoms with Gasteiger partial charge < -0.3 is 9.64 Å². The van der Waals surface area contributed by atoms with E-state index in [9.17, 15) is 13.6 Å². The number of carbonyl (C=O) groups excluding carboxylic acids is 1. The highest BCUT2D eigenvalue weighted by Crippen LogP contribution is 2.27. The monoisotopic (exact) mass is 464 g/mol. The lowest BCUT2D eigenvalue weighted by molar-refractivity contribution is 0.0967. The minimum Gasteiger partial charge on any atom is -0.494 e. The molecule has 0 aromatic heterocycles. The summed E-state index contributed by atoms with van der Waals surface area (Å²) < 4.78 is 32.2. The maximum absolute atomic E-state index is 13.5. The summed E-state index contributed by atoms with van der Waals surface area (Å²) in [5, 5.41) is 2.89. The van der Waals surface area contributed by atoms with Crippen molar-refractivity contribution in [3.05, 3.63) is 95.6 Å². The van der Waals surface area contributed by atoms with Crippen LogP contribution >= 0.6 is 0 Å². The van der Waals surface area contributed by atoms with Crippen molar-refractivity contribution in [3.63, 3.8) is 0 Å². The zero-order valence-electron chi connectivity index (χ0n) is 18.9. The molecule has 1 fully saturated rings. The van der Waals surface area contributed by atoms with Gasteiger partial charge in [-0.2, -0.15) is 0 Å². The number of nitrogens with one attached hydrogen (secondary N) is 1. The number of methoxy groups -OCH3 is 1. The van der Waals surface area contributed by atoms with Crippen molar-refractivity contribution in [2.75, 3.05) is 33.3 Å². The Kier molecular flexibility index (Phi) is 7.49.